The molecule has 0 radical (unpaired) electrons. The molecule has 16 heavy (non-hydrogen) atoms. The van der Waals surface area contributed by atoms with Gasteiger partial charge in [0.15, 0.2) is 0 Å². The van der Waals surface area contributed by atoms with Gasteiger partial charge in [-0.15, -0.1) is 0 Å². The summed E-state index contributed by atoms with van der Waals surface area (Å²) in [5.41, 5.74) is 0. The molecule has 0 aromatic heterocycles. The predicted molar refractivity (Wildman–Crippen MR) is 66.4 cm³/mol. The van der Waals surface area contributed by atoms with Crippen LogP contribution in [0.25, 0.3) is 0 Å². The molecule has 0 aromatic rings. The van der Waals surface area contributed by atoms with Gasteiger partial charge in [-0.2, -0.15) is 0 Å². The average Bonchev–Trinajstić information content (AvgIpc) is 2.64. The highest BCUT2D eigenvalue weighted by Gasteiger charge is 2.23. The first-order valence-electron chi connectivity index (χ1n) is 6.81. The third kappa shape index (κ3) is 3.72. The minimum absolute atomic E-state index is 0.0207. The molecule has 3 atom stereocenters. The molecule has 3 unspecified atom stereocenters. The van der Waals surface area contributed by atoms with E-state index in [4.69, 9.17) is 0 Å². The normalized spacial score (nSPS) is 36.8. The molecule has 2 N–H and O–H groups in total. The molecule has 1 saturated heterocycles. The van der Waals surface area contributed by atoms with Crippen LogP contribution >= 0.6 is 0 Å². The summed E-state index contributed by atoms with van der Waals surface area (Å²) in [6.07, 6.45) is 5.94. The van der Waals surface area contributed by atoms with E-state index >= 15 is 0 Å². The number of aliphatic hydroxyl groups excluding tert-OH is 1. The van der Waals surface area contributed by atoms with Crippen LogP contribution in [0.15, 0.2) is 0 Å². The van der Waals surface area contributed by atoms with Crippen molar-refractivity contribution in [3.63, 3.8) is 0 Å². The van der Waals surface area contributed by atoms with Gasteiger partial charge in [0.2, 0.25) is 0 Å². The number of aliphatic hydroxyl groups is 1. The monoisotopic (exact) mass is 226 g/mol. The fraction of sp³-hybridized carbons (Fsp3) is 1.00. The van der Waals surface area contributed by atoms with Gasteiger partial charge in [0.25, 0.3) is 0 Å². The quantitative estimate of drug-likeness (QED) is 0.753. The summed E-state index contributed by atoms with van der Waals surface area (Å²) in [5, 5.41) is 13.0. The Hall–Kier alpha value is -0.120. The summed E-state index contributed by atoms with van der Waals surface area (Å²) in [5.74, 6) is 1.56. The zero-order chi connectivity index (χ0) is 11.4. The highest BCUT2D eigenvalue weighted by atomic mass is 16.3. The van der Waals surface area contributed by atoms with Crippen molar-refractivity contribution in [3.8, 4) is 0 Å². The minimum Gasteiger partial charge on any atom is -0.393 e. The van der Waals surface area contributed by atoms with Crippen molar-refractivity contribution in [1.82, 2.24) is 10.2 Å². The number of likely N-dealkylation sites (tertiary alicyclic amines) is 1. The number of hydrogen-bond donors (Lipinski definition) is 2. The van der Waals surface area contributed by atoms with Crippen LogP contribution in [0, 0.1) is 11.8 Å². The Kier molecular flexibility index (Phi) is 4.62. The van der Waals surface area contributed by atoms with E-state index in [9.17, 15) is 5.11 Å². The van der Waals surface area contributed by atoms with Crippen molar-refractivity contribution < 1.29 is 5.11 Å². The third-order valence-corrected chi connectivity index (χ3v) is 4.10. The lowest BCUT2D eigenvalue weighted by Gasteiger charge is -2.30. The molecule has 1 heterocycles. The predicted octanol–water partition coefficient (Wildman–Crippen LogP) is 1.08. The van der Waals surface area contributed by atoms with Crippen LogP contribution in [0.4, 0.5) is 0 Å². The van der Waals surface area contributed by atoms with Gasteiger partial charge < -0.3 is 15.3 Å². The summed E-state index contributed by atoms with van der Waals surface area (Å²) in [7, 11) is 2.22. The fourth-order valence-electron chi connectivity index (χ4n) is 3.17. The average molecular weight is 226 g/mol. The lowest BCUT2D eigenvalue weighted by Crippen LogP contribution is -2.38. The molecule has 94 valence electrons. The molecule has 1 aliphatic heterocycles. The Morgan fingerprint density at radius 1 is 1.19 bits per heavy atom. The molecule has 0 amide bonds. The van der Waals surface area contributed by atoms with Crippen LogP contribution in [0.3, 0.4) is 0 Å². The summed E-state index contributed by atoms with van der Waals surface area (Å²) in [6.45, 7) is 4.79. The van der Waals surface area contributed by atoms with E-state index in [2.05, 4.69) is 17.3 Å². The van der Waals surface area contributed by atoms with Crippen molar-refractivity contribution in [1.29, 1.82) is 0 Å². The van der Waals surface area contributed by atoms with Crippen LogP contribution in [-0.4, -0.2) is 49.3 Å². The Morgan fingerprint density at radius 3 is 2.69 bits per heavy atom. The van der Waals surface area contributed by atoms with Gasteiger partial charge in [0.1, 0.15) is 0 Å². The Morgan fingerprint density at radius 2 is 2.00 bits per heavy atom. The van der Waals surface area contributed by atoms with Crippen molar-refractivity contribution in [2.75, 3.05) is 33.2 Å². The molecule has 3 nitrogen and oxygen atoms in total. The standard InChI is InChI=1S/C13H26N2O/c1-15-6-2-3-12(10-15)9-14-8-11-4-5-13(16)7-11/h11-14,16H,2-10H2,1H3. The molecular weight excluding hydrogens is 200 g/mol. The second kappa shape index (κ2) is 5.99. The maximum atomic E-state index is 9.45. The largest absolute Gasteiger partial charge is 0.393 e. The van der Waals surface area contributed by atoms with Gasteiger partial charge in [-0.1, -0.05) is 0 Å². The van der Waals surface area contributed by atoms with Gasteiger partial charge in [-0.05, 0) is 70.6 Å². The maximum Gasteiger partial charge on any atom is 0.0543 e. The molecular formula is C13H26N2O. The fourth-order valence-corrected chi connectivity index (χ4v) is 3.17. The van der Waals surface area contributed by atoms with E-state index < -0.39 is 0 Å². The van der Waals surface area contributed by atoms with Crippen LogP contribution < -0.4 is 5.32 Å². The third-order valence-electron chi connectivity index (χ3n) is 4.10. The number of nitrogens with one attached hydrogen (secondary N) is 1. The summed E-state index contributed by atoms with van der Waals surface area (Å²) in [4.78, 5) is 2.44. The second-order valence-electron chi connectivity index (χ2n) is 5.76. The first kappa shape index (κ1) is 12.3. The van der Waals surface area contributed by atoms with E-state index in [0.717, 1.165) is 37.8 Å². The van der Waals surface area contributed by atoms with Gasteiger partial charge in [-0.3, -0.25) is 0 Å². The molecule has 0 bridgehead atoms. The SMILES string of the molecule is CN1CCCC(CNCC2CCC(O)C2)C1. The van der Waals surface area contributed by atoms with E-state index in [0.29, 0.717) is 0 Å². The molecule has 2 rings (SSSR count). The Labute approximate surface area is 99.2 Å². The maximum absolute atomic E-state index is 9.45. The lowest BCUT2D eigenvalue weighted by molar-refractivity contribution is 0.176. The molecule has 2 fully saturated rings. The molecule has 1 saturated carbocycles. The van der Waals surface area contributed by atoms with Gasteiger partial charge >= 0.3 is 0 Å². The zero-order valence-corrected chi connectivity index (χ0v) is 10.5. The summed E-state index contributed by atoms with van der Waals surface area (Å²) >= 11 is 0. The zero-order valence-electron chi connectivity index (χ0n) is 10.5. The van der Waals surface area contributed by atoms with Crippen LogP contribution in [0.2, 0.25) is 0 Å². The first-order chi connectivity index (χ1) is 7.74. The van der Waals surface area contributed by atoms with Gasteiger partial charge in [-0.25, -0.2) is 0 Å². The van der Waals surface area contributed by atoms with E-state index in [1.165, 1.54) is 32.4 Å². The first-order valence-corrected chi connectivity index (χ1v) is 6.81. The molecule has 0 spiro atoms. The molecule has 3 heteroatoms. The van der Waals surface area contributed by atoms with Crippen molar-refractivity contribution in [2.24, 2.45) is 11.8 Å². The number of piperidine rings is 1. The number of hydrogen-bond acceptors (Lipinski definition) is 3. The second-order valence-corrected chi connectivity index (χ2v) is 5.76. The van der Waals surface area contributed by atoms with Gasteiger partial charge in [0, 0.05) is 6.54 Å². The van der Waals surface area contributed by atoms with Gasteiger partial charge in [0.05, 0.1) is 6.10 Å². The van der Waals surface area contributed by atoms with E-state index in [-0.39, 0.29) is 6.10 Å². The summed E-state index contributed by atoms with van der Waals surface area (Å²) < 4.78 is 0. The van der Waals surface area contributed by atoms with Crippen molar-refractivity contribution in [2.45, 2.75) is 38.2 Å². The number of nitrogens with zero attached hydrogens (tertiary/aromatic N) is 1. The number of rotatable bonds is 4. The van der Waals surface area contributed by atoms with E-state index in [1.54, 1.807) is 0 Å². The Balaban J connectivity index is 1.57. The van der Waals surface area contributed by atoms with E-state index in [1.807, 2.05) is 0 Å². The van der Waals surface area contributed by atoms with Crippen molar-refractivity contribution in [3.05, 3.63) is 0 Å². The van der Waals surface area contributed by atoms with Crippen molar-refractivity contribution >= 4 is 0 Å². The Bertz CT molecular complexity index is 210. The smallest absolute Gasteiger partial charge is 0.0543 e. The highest BCUT2D eigenvalue weighted by molar-refractivity contribution is 4.78. The summed E-state index contributed by atoms with van der Waals surface area (Å²) in [6, 6.07) is 0. The van der Waals surface area contributed by atoms with Crippen LogP contribution in [0.1, 0.15) is 32.1 Å². The minimum atomic E-state index is -0.0207. The lowest BCUT2D eigenvalue weighted by atomic mass is 9.98. The highest BCUT2D eigenvalue weighted by Crippen LogP contribution is 2.24. The molecule has 1 aliphatic carbocycles. The molecule has 2 aliphatic rings. The topological polar surface area (TPSA) is 35.5 Å². The van der Waals surface area contributed by atoms with Crippen LogP contribution in [0.5, 0.6) is 0 Å². The molecule has 0 aromatic carbocycles. The van der Waals surface area contributed by atoms with Crippen LogP contribution in [-0.2, 0) is 0 Å².